The van der Waals surface area contributed by atoms with Gasteiger partial charge in [0.1, 0.15) is 5.01 Å². The van der Waals surface area contributed by atoms with Crippen LogP contribution in [0.4, 0.5) is 0 Å². The Morgan fingerprint density at radius 2 is 1.62 bits per heavy atom. The SMILES string of the molecule is NC1(c2ccc(-c3nc(-c4ccc(CCNS(=O)O)cc4)sc3-c3ccccc3)cc2)CCC1. The third-order valence-corrected chi connectivity index (χ3v) is 8.09. The molecule has 0 aliphatic heterocycles. The van der Waals surface area contributed by atoms with Crippen molar-refractivity contribution in [2.45, 2.75) is 31.2 Å². The fourth-order valence-electron chi connectivity index (χ4n) is 4.33. The van der Waals surface area contributed by atoms with Crippen molar-refractivity contribution >= 4 is 22.6 Å². The lowest BCUT2D eigenvalue weighted by molar-refractivity contribution is 0.253. The van der Waals surface area contributed by atoms with Gasteiger partial charge >= 0.3 is 0 Å². The molecular formula is C27H27N3O2S2. The topological polar surface area (TPSA) is 88.2 Å². The van der Waals surface area contributed by atoms with E-state index in [1.807, 2.05) is 6.07 Å². The van der Waals surface area contributed by atoms with Gasteiger partial charge in [-0.15, -0.1) is 11.3 Å². The van der Waals surface area contributed by atoms with Crippen molar-refractivity contribution in [3.8, 4) is 32.3 Å². The van der Waals surface area contributed by atoms with Crippen molar-refractivity contribution in [3.05, 3.63) is 90.0 Å². The molecule has 1 heterocycles. The second-order valence-electron chi connectivity index (χ2n) is 8.74. The highest BCUT2D eigenvalue weighted by Gasteiger charge is 2.34. The molecule has 0 bridgehead atoms. The second-order valence-corrected chi connectivity index (χ2v) is 10.5. The monoisotopic (exact) mass is 489 g/mol. The minimum Gasteiger partial charge on any atom is -0.321 e. The summed E-state index contributed by atoms with van der Waals surface area (Å²) >= 11 is -0.287. The zero-order valence-corrected chi connectivity index (χ0v) is 20.4. The Hall–Kier alpha value is -2.68. The average Bonchev–Trinajstić information content (AvgIpc) is 3.29. The quantitative estimate of drug-likeness (QED) is 0.275. The summed E-state index contributed by atoms with van der Waals surface area (Å²) in [5, 5.41) is 0.966. The highest BCUT2D eigenvalue weighted by atomic mass is 32.2. The lowest BCUT2D eigenvalue weighted by Gasteiger charge is -2.38. The number of nitrogens with two attached hydrogens (primary N) is 1. The molecule has 4 N–H and O–H groups in total. The molecule has 7 heteroatoms. The molecule has 5 nitrogen and oxygen atoms in total. The fourth-order valence-corrected chi connectivity index (χ4v) is 5.70. The molecule has 1 unspecified atom stereocenters. The van der Waals surface area contributed by atoms with Gasteiger partial charge in [0.05, 0.1) is 10.6 Å². The molecule has 1 atom stereocenters. The smallest absolute Gasteiger partial charge is 0.231 e. The maximum absolute atomic E-state index is 10.8. The van der Waals surface area contributed by atoms with Crippen LogP contribution in [0.25, 0.3) is 32.3 Å². The van der Waals surface area contributed by atoms with E-state index in [1.165, 1.54) is 12.0 Å². The molecule has 4 aromatic rings. The van der Waals surface area contributed by atoms with Crippen LogP contribution < -0.4 is 10.5 Å². The molecule has 1 saturated carbocycles. The van der Waals surface area contributed by atoms with E-state index in [-0.39, 0.29) is 5.54 Å². The van der Waals surface area contributed by atoms with Crippen molar-refractivity contribution in [2.24, 2.45) is 5.73 Å². The number of nitrogens with one attached hydrogen (secondary N) is 1. The van der Waals surface area contributed by atoms with Crippen LogP contribution in [-0.2, 0) is 23.2 Å². The summed E-state index contributed by atoms with van der Waals surface area (Å²) in [6.07, 6.45) is 3.97. The van der Waals surface area contributed by atoms with Crippen LogP contribution in [0.15, 0.2) is 78.9 Å². The van der Waals surface area contributed by atoms with Crippen LogP contribution in [0.2, 0.25) is 0 Å². The molecule has 1 aliphatic carbocycles. The van der Waals surface area contributed by atoms with Crippen LogP contribution in [0.3, 0.4) is 0 Å². The summed E-state index contributed by atoms with van der Waals surface area (Å²) in [6.45, 7) is 0.447. The largest absolute Gasteiger partial charge is 0.321 e. The Kier molecular flexibility index (Phi) is 6.72. The van der Waals surface area contributed by atoms with Crippen LogP contribution in [-0.4, -0.2) is 20.3 Å². The first-order chi connectivity index (χ1) is 16.5. The van der Waals surface area contributed by atoms with Gasteiger partial charge in [-0.2, -0.15) is 0 Å². The van der Waals surface area contributed by atoms with Crippen molar-refractivity contribution in [3.63, 3.8) is 0 Å². The number of hydrogen-bond donors (Lipinski definition) is 3. The zero-order chi connectivity index (χ0) is 23.5. The molecule has 1 fully saturated rings. The summed E-state index contributed by atoms with van der Waals surface area (Å²) in [5.74, 6) is 0. The highest BCUT2D eigenvalue weighted by molar-refractivity contribution is 7.77. The van der Waals surface area contributed by atoms with Crippen molar-refractivity contribution < 1.29 is 8.76 Å². The van der Waals surface area contributed by atoms with Crippen molar-refractivity contribution in [1.82, 2.24) is 9.71 Å². The van der Waals surface area contributed by atoms with E-state index in [0.717, 1.165) is 50.7 Å². The van der Waals surface area contributed by atoms with E-state index < -0.39 is 11.3 Å². The Balaban J connectivity index is 1.46. The van der Waals surface area contributed by atoms with Crippen LogP contribution >= 0.6 is 11.3 Å². The van der Waals surface area contributed by atoms with E-state index in [4.69, 9.17) is 15.3 Å². The molecular weight excluding hydrogens is 462 g/mol. The summed E-state index contributed by atoms with van der Waals surface area (Å²) in [4.78, 5) is 6.22. The first kappa shape index (κ1) is 23.1. The predicted molar refractivity (Wildman–Crippen MR) is 141 cm³/mol. The molecule has 0 spiro atoms. The minimum absolute atomic E-state index is 0.169. The third kappa shape index (κ3) is 4.89. The molecule has 34 heavy (non-hydrogen) atoms. The van der Waals surface area contributed by atoms with E-state index in [2.05, 4.69) is 77.5 Å². The van der Waals surface area contributed by atoms with E-state index in [0.29, 0.717) is 13.0 Å². The number of benzene rings is 3. The number of rotatable bonds is 8. The van der Waals surface area contributed by atoms with Gasteiger partial charge in [-0.05, 0) is 42.4 Å². The first-order valence-corrected chi connectivity index (χ1v) is 13.3. The second kappa shape index (κ2) is 9.90. The van der Waals surface area contributed by atoms with Crippen LogP contribution in [0.5, 0.6) is 0 Å². The van der Waals surface area contributed by atoms with Crippen molar-refractivity contribution in [1.29, 1.82) is 0 Å². The van der Waals surface area contributed by atoms with Gasteiger partial charge in [0, 0.05) is 23.2 Å². The maximum atomic E-state index is 10.8. The standard InChI is InChI=1S/C27H27N3O2S2/c28-27(16-4-17-27)23-13-11-20(12-14-23)24-25(21-5-2-1-3-6-21)33-26(30-24)22-9-7-19(8-10-22)15-18-29-34(31)32/h1-3,5-14,29H,4,15-18,28H2,(H,31,32). The first-order valence-electron chi connectivity index (χ1n) is 11.4. The van der Waals surface area contributed by atoms with E-state index in [9.17, 15) is 4.21 Å². The van der Waals surface area contributed by atoms with Gasteiger partial charge in [0.15, 0.2) is 0 Å². The van der Waals surface area contributed by atoms with Crippen LogP contribution in [0, 0.1) is 0 Å². The molecule has 0 saturated heterocycles. The van der Waals surface area contributed by atoms with E-state index in [1.54, 1.807) is 11.3 Å². The maximum Gasteiger partial charge on any atom is 0.231 e. The summed E-state index contributed by atoms with van der Waals surface area (Å²) in [6, 6.07) is 27.2. The fraction of sp³-hybridized carbons (Fsp3) is 0.222. The number of nitrogens with zero attached hydrogens (tertiary/aromatic N) is 1. The van der Waals surface area contributed by atoms with Crippen LogP contribution in [0.1, 0.15) is 30.4 Å². The van der Waals surface area contributed by atoms with E-state index >= 15 is 0 Å². The molecule has 5 rings (SSSR count). The van der Waals surface area contributed by atoms with Gasteiger partial charge in [-0.3, -0.25) is 4.55 Å². The lowest BCUT2D eigenvalue weighted by Crippen LogP contribution is -2.43. The predicted octanol–water partition coefficient (Wildman–Crippen LogP) is 5.75. The zero-order valence-electron chi connectivity index (χ0n) is 18.7. The molecule has 3 aromatic carbocycles. The Bertz CT molecular complexity index is 1280. The Morgan fingerprint density at radius 1 is 0.941 bits per heavy atom. The van der Waals surface area contributed by atoms with Gasteiger partial charge in [-0.1, -0.05) is 78.9 Å². The Morgan fingerprint density at radius 3 is 2.24 bits per heavy atom. The molecule has 1 aromatic heterocycles. The third-order valence-electron chi connectivity index (χ3n) is 6.48. The van der Waals surface area contributed by atoms with Gasteiger partial charge < -0.3 is 5.73 Å². The average molecular weight is 490 g/mol. The molecule has 174 valence electrons. The minimum atomic E-state index is -1.98. The summed E-state index contributed by atoms with van der Waals surface area (Å²) in [5.41, 5.74) is 12.9. The molecule has 1 aliphatic rings. The van der Waals surface area contributed by atoms with Gasteiger partial charge in [0.2, 0.25) is 11.3 Å². The lowest BCUT2D eigenvalue weighted by atomic mass is 9.72. The summed E-state index contributed by atoms with van der Waals surface area (Å²) < 4.78 is 22.1. The van der Waals surface area contributed by atoms with Gasteiger partial charge in [0.25, 0.3) is 0 Å². The van der Waals surface area contributed by atoms with Crippen molar-refractivity contribution in [2.75, 3.05) is 6.54 Å². The number of hydrogen-bond acceptors (Lipinski definition) is 4. The Labute approximate surface area is 206 Å². The normalized spacial score (nSPS) is 15.6. The number of aromatic nitrogens is 1. The molecule has 0 amide bonds. The highest BCUT2D eigenvalue weighted by Crippen LogP contribution is 2.42. The van der Waals surface area contributed by atoms with Gasteiger partial charge in [-0.25, -0.2) is 13.9 Å². The number of thiazole rings is 1. The summed E-state index contributed by atoms with van der Waals surface area (Å²) in [7, 11) is 0. The molecule has 0 radical (unpaired) electrons.